The molecule has 0 saturated heterocycles. The summed E-state index contributed by atoms with van der Waals surface area (Å²) in [5.74, 6) is 2.88. The Kier molecular flexibility index (Phi) is 2.60. The molecular formula is C14H23NO2. The Morgan fingerprint density at radius 3 is 2.12 bits per heavy atom. The third kappa shape index (κ3) is 2.16. The fourth-order valence-electron chi connectivity index (χ4n) is 5.39. The lowest BCUT2D eigenvalue weighted by Crippen LogP contribution is -2.47. The number of amides is 1. The molecular weight excluding hydrogens is 214 g/mol. The van der Waals surface area contributed by atoms with Crippen LogP contribution in [0.4, 0.5) is 4.79 Å². The Morgan fingerprint density at radius 1 is 1.24 bits per heavy atom. The maximum atomic E-state index is 10.8. The highest BCUT2D eigenvalue weighted by Gasteiger charge is 2.51. The maximum Gasteiger partial charge on any atom is 0.404 e. The number of rotatable bonds is 3. The van der Waals surface area contributed by atoms with Crippen LogP contribution in [0.2, 0.25) is 0 Å². The zero-order chi connectivity index (χ0) is 12.0. The van der Waals surface area contributed by atoms with Gasteiger partial charge in [-0.3, -0.25) is 0 Å². The highest BCUT2D eigenvalue weighted by molar-refractivity contribution is 5.64. The van der Waals surface area contributed by atoms with Gasteiger partial charge in [0.15, 0.2) is 0 Å². The van der Waals surface area contributed by atoms with Crippen molar-refractivity contribution in [2.75, 3.05) is 0 Å². The van der Waals surface area contributed by atoms with Crippen molar-refractivity contribution in [2.45, 2.75) is 58.0 Å². The van der Waals surface area contributed by atoms with Crippen molar-refractivity contribution < 1.29 is 9.53 Å². The molecule has 0 aromatic rings. The van der Waals surface area contributed by atoms with Crippen LogP contribution in [-0.2, 0) is 4.74 Å². The summed E-state index contributed by atoms with van der Waals surface area (Å²) in [7, 11) is 0. The number of ether oxygens (including phenoxy) is 1. The minimum absolute atomic E-state index is 0.0104. The standard InChI is InChI=1S/C14H23NO2/c1-9(17-13(15)16)5-14-6-10-2-11(7-14)4-12(3-10)8-14/h9-12H,2-8H2,1H3,(H2,15,16). The van der Waals surface area contributed by atoms with E-state index in [1.807, 2.05) is 6.92 Å². The molecule has 0 heterocycles. The lowest BCUT2D eigenvalue weighted by atomic mass is 9.48. The van der Waals surface area contributed by atoms with Gasteiger partial charge in [-0.2, -0.15) is 0 Å². The van der Waals surface area contributed by atoms with Crippen molar-refractivity contribution in [1.29, 1.82) is 0 Å². The average Bonchev–Trinajstić information content (AvgIpc) is 2.11. The summed E-state index contributed by atoms with van der Waals surface area (Å²) < 4.78 is 5.13. The van der Waals surface area contributed by atoms with Gasteiger partial charge in [-0.1, -0.05) is 0 Å². The van der Waals surface area contributed by atoms with Crippen LogP contribution in [0.25, 0.3) is 0 Å². The lowest BCUT2D eigenvalue weighted by molar-refractivity contribution is -0.0742. The van der Waals surface area contributed by atoms with E-state index in [0.29, 0.717) is 5.41 Å². The van der Waals surface area contributed by atoms with Gasteiger partial charge in [0.25, 0.3) is 0 Å². The summed E-state index contributed by atoms with van der Waals surface area (Å²) in [4.78, 5) is 10.8. The van der Waals surface area contributed by atoms with E-state index in [4.69, 9.17) is 10.5 Å². The quantitative estimate of drug-likeness (QED) is 0.820. The van der Waals surface area contributed by atoms with E-state index >= 15 is 0 Å². The molecule has 4 rings (SSSR count). The van der Waals surface area contributed by atoms with E-state index in [0.717, 1.165) is 24.2 Å². The first-order valence-electron chi connectivity index (χ1n) is 7.01. The van der Waals surface area contributed by atoms with Crippen molar-refractivity contribution in [1.82, 2.24) is 0 Å². The third-order valence-corrected chi connectivity index (χ3v) is 5.20. The molecule has 96 valence electrons. The van der Waals surface area contributed by atoms with Crippen molar-refractivity contribution in [3.63, 3.8) is 0 Å². The van der Waals surface area contributed by atoms with E-state index in [1.165, 1.54) is 38.5 Å². The summed E-state index contributed by atoms with van der Waals surface area (Å²) in [5.41, 5.74) is 5.58. The highest BCUT2D eigenvalue weighted by Crippen LogP contribution is 2.61. The van der Waals surface area contributed by atoms with Crippen LogP contribution in [0.1, 0.15) is 51.9 Å². The van der Waals surface area contributed by atoms with E-state index < -0.39 is 6.09 Å². The van der Waals surface area contributed by atoms with Crippen LogP contribution in [0.5, 0.6) is 0 Å². The molecule has 4 saturated carbocycles. The Bertz CT molecular complexity index is 291. The number of carbonyl (C=O) groups excluding carboxylic acids is 1. The summed E-state index contributed by atoms with van der Waals surface area (Å²) in [6, 6.07) is 0. The molecule has 0 aromatic carbocycles. The highest BCUT2D eigenvalue weighted by atomic mass is 16.6. The molecule has 0 spiro atoms. The summed E-state index contributed by atoms with van der Waals surface area (Å²) >= 11 is 0. The van der Waals surface area contributed by atoms with Crippen molar-refractivity contribution in [3.05, 3.63) is 0 Å². The molecule has 3 nitrogen and oxygen atoms in total. The second-order valence-electron chi connectivity index (χ2n) is 6.87. The Labute approximate surface area is 103 Å². The van der Waals surface area contributed by atoms with Gasteiger partial charge in [0.1, 0.15) is 6.10 Å². The topological polar surface area (TPSA) is 52.3 Å². The van der Waals surface area contributed by atoms with Gasteiger partial charge in [0.2, 0.25) is 0 Å². The monoisotopic (exact) mass is 237 g/mol. The zero-order valence-electron chi connectivity index (χ0n) is 10.7. The minimum Gasteiger partial charge on any atom is -0.447 e. The molecule has 0 aliphatic heterocycles. The number of hydrogen-bond acceptors (Lipinski definition) is 2. The minimum atomic E-state index is -0.623. The van der Waals surface area contributed by atoms with E-state index in [9.17, 15) is 4.79 Å². The molecule has 1 amide bonds. The summed E-state index contributed by atoms with van der Waals surface area (Å²) in [6.45, 7) is 1.99. The lowest BCUT2D eigenvalue weighted by Gasteiger charge is -2.57. The first-order valence-corrected chi connectivity index (χ1v) is 7.01. The third-order valence-electron chi connectivity index (χ3n) is 5.20. The van der Waals surface area contributed by atoms with Crippen LogP contribution in [0.15, 0.2) is 0 Å². The molecule has 1 unspecified atom stereocenters. The molecule has 0 aromatic heterocycles. The second-order valence-corrected chi connectivity index (χ2v) is 6.87. The normalized spacial score (nSPS) is 44.6. The number of primary amides is 1. The second kappa shape index (κ2) is 3.89. The van der Waals surface area contributed by atoms with Crippen molar-refractivity contribution in [3.8, 4) is 0 Å². The van der Waals surface area contributed by atoms with Gasteiger partial charge in [-0.15, -0.1) is 0 Å². The fraction of sp³-hybridized carbons (Fsp3) is 0.929. The molecule has 4 aliphatic carbocycles. The first kappa shape index (κ1) is 11.4. The molecule has 17 heavy (non-hydrogen) atoms. The summed E-state index contributed by atoms with van der Waals surface area (Å²) in [5, 5.41) is 0. The average molecular weight is 237 g/mol. The molecule has 1 atom stereocenters. The molecule has 0 radical (unpaired) electrons. The van der Waals surface area contributed by atoms with E-state index in [1.54, 1.807) is 0 Å². The van der Waals surface area contributed by atoms with E-state index in [-0.39, 0.29) is 6.10 Å². The van der Waals surface area contributed by atoms with Gasteiger partial charge in [-0.05, 0) is 75.0 Å². The SMILES string of the molecule is CC(CC12CC3CC(CC(C3)C1)C2)OC(N)=O. The van der Waals surface area contributed by atoms with Gasteiger partial charge in [0.05, 0.1) is 0 Å². The Balaban J connectivity index is 1.67. The maximum absolute atomic E-state index is 10.8. The number of hydrogen-bond donors (Lipinski definition) is 1. The fourth-order valence-corrected chi connectivity index (χ4v) is 5.39. The van der Waals surface area contributed by atoms with Gasteiger partial charge in [0, 0.05) is 0 Å². The van der Waals surface area contributed by atoms with Crippen LogP contribution in [0.3, 0.4) is 0 Å². The predicted octanol–water partition coefficient (Wildman–Crippen LogP) is 3.08. The van der Waals surface area contributed by atoms with E-state index in [2.05, 4.69) is 0 Å². The van der Waals surface area contributed by atoms with Crippen molar-refractivity contribution in [2.24, 2.45) is 28.9 Å². The van der Waals surface area contributed by atoms with Crippen LogP contribution < -0.4 is 5.73 Å². The van der Waals surface area contributed by atoms with Gasteiger partial charge in [-0.25, -0.2) is 4.79 Å². The molecule has 2 N–H and O–H groups in total. The Hall–Kier alpha value is -0.730. The predicted molar refractivity (Wildman–Crippen MR) is 65.4 cm³/mol. The molecule has 3 heteroatoms. The van der Waals surface area contributed by atoms with Crippen molar-refractivity contribution >= 4 is 6.09 Å². The molecule has 4 fully saturated rings. The van der Waals surface area contributed by atoms with Crippen LogP contribution >= 0.6 is 0 Å². The van der Waals surface area contributed by atoms with Crippen LogP contribution in [-0.4, -0.2) is 12.2 Å². The smallest absolute Gasteiger partial charge is 0.404 e. The summed E-state index contributed by atoms with van der Waals surface area (Å²) in [6.07, 6.45) is 8.88. The van der Waals surface area contributed by atoms with Gasteiger partial charge < -0.3 is 10.5 Å². The largest absolute Gasteiger partial charge is 0.447 e. The van der Waals surface area contributed by atoms with Crippen LogP contribution in [0, 0.1) is 23.2 Å². The number of nitrogens with two attached hydrogens (primary N) is 1. The van der Waals surface area contributed by atoms with Gasteiger partial charge >= 0.3 is 6.09 Å². The molecule has 4 bridgehead atoms. The zero-order valence-corrected chi connectivity index (χ0v) is 10.7. The number of carbonyl (C=O) groups is 1. The first-order chi connectivity index (χ1) is 8.05. The molecule has 4 aliphatic rings. The Morgan fingerprint density at radius 2 is 1.71 bits per heavy atom.